The highest BCUT2D eigenvalue weighted by molar-refractivity contribution is 5.01. The molecule has 1 atom stereocenters. The van der Waals surface area contributed by atoms with E-state index in [1.165, 1.54) is 128 Å². The van der Waals surface area contributed by atoms with Gasteiger partial charge in [-0.3, -0.25) is 0 Å². The van der Waals surface area contributed by atoms with Gasteiger partial charge in [-0.25, -0.2) is 4.57 Å². The lowest BCUT2D eigenvalue weighted by Gasteiger charge is -2.07. The van der Waals surface area contributed by atoms with Crippen molar-refractivity contribution in [3.05, 3.63) is 30.1 Å². The second kappa shape index (κ2) is 19.1. The van der Waals surface area contributed by atoms with Crippen molar-refractivity contribution < 1.29 is 4.57 Å². The molecule has 0 aliphatic carbocycles. The van der Waals surface area contributed by atoms with E-state index in [1.807, 2.05) is 0 Å². The van der Waals surface area contributed by atoms with Crippen molar-refractivity contribution in [2.45, 2.75) is 149 Å². The summed E-state index contributed by atoms with van der Waals surface area (Å²) in [6.07, 6.45) is 31.9. The molecule has 168 valence electrons. The fourth-order valence-electron chi connectivity index (χ4n) is 4.38. The smallest absolute Gasteiger partial charge is 0.171 e. The normalized spacial score (nSPS) is 12.4. The van der Waals surface area contributed by atoms with E-state index in [2.05, 4.69) is 49.9 Å². The molecule has 0 fully saturated rings. The summed E-state index contributed by atoms with van der Waals surface area (Å²) in [5, 5.41) is 0. The van der Waals surface area contributed by atoms with Crippen LogP contribution in [0.3, 0.4) is 0 Å². The molecule has 0 aliphatic rings. The first-order chi connectivity index (χ1) is 14.2. The number of hydrogen-bond donors (Lipinski definition) is 0. The third-order valence-electron chi connectivity index (χ3n) is 6.45. The van der Waals surface area contributed by atoms with Crippen molar-refractivity contribution in [3.8, 4) is 0 Å². The standard InChI is InChI=1S/C28H52N/c1-4-5-6-7-8-9-10-11-12-13-14-15-16-17-18-19-20-21-24-28(3)29-25-22-23-27(2)26-29/h22-23,25-26,28H,4-21,24H2,1-3H3/q+1. The Kier molecular flexibility index (Phi) is 17.3. The molecule has 1 rings (SSSR count). The summed E-state index contributed by atoms with van der Waals surface area (Å²) in [6.45, 7) is 6.83. The van der Waals surface area contributed by atoms with Crippen LogP contribution < -0.4 is 4.57 Å². The first kappa shape index (κ1) is 26.2. The van der Waals surface area contributed by atoms with E-state index in [4.69, 9.17) is 0 Å². The largest absolute Gasteiger partial charge is 0.203 e. The molecule has 0 saturated carbocycles. The van der Waals surface area contributed by atoms with Gasteiger partial charge in [-0.05, 0) is 26.3 Å². The van der Waals surface area contributed by atoms with Crippen molar-refractivity contribution in [2.75, 3.05) is 0 Å². The Bertz CT molecular complexity index is 467. The van der Waals surface area contributed by atoms with Crippen LogP contribution in [0.5, 0.6) is 0 Å². The van der Waals surface area contributed by atoms with E-state index in [0.717, 1.165) is 0 Å². The summed E-state index contributed by atoms with van der Waals surface area (Å²) in [6, 6.07) is 4.98. The maximum Gasteiger partial charge on any atom is 0.171 e. The highest BCUT2D eigenvalue weighted by Gasteiger charge is 2.11. The lowest BCUT2D eigenvalue weighted by Crippen LogP contribution is -2.37. The van der Waals surface area contributed by atoms with Crippen LogP contribution in [0.2, 0.25) is 0 Å². The Hall–Kier alpha value is -0.850. The summed E-state index contributed by atoms with van der Waals surface area (Å²) >= 11 is 0. The van der Waals surface area contributed by atoms with Crippen molar-refractivity contribution in [1.29, 1.82) is 0 Å². The van der Waals surface area contributed by atoms with Gasteiger partial charge in [0, 0.05) is 18.1 Å². The summed E-state index contributed by atoms with van der Waals surface area (Å²) in [4.78, 5) is 0. The molecule has 29 heavy (non-hydrogen) atoms. The van der Waals surface area contributed by atoms with E-state index in [1.54, 1.807) is 0 Å². The van der Waals surface area contributed by atoms with E-state index in [9.17, 15) is 0 Å². The molecule has 0 amide bonds. The van der Waals surface area contributed by atoms with Gasteiger partial charge in [0.25, 0.3) is 0 Å². The van der Waals surface area contributed by atoms with Gasteiger partial charge in [-0.2, -0.15) is 0 Å². The number of nitrogens with zero attached hydrogens (tertiary/aromatic N) is 1. The second-order valence-corrected chi connectivity index (χ2v) is 9.48. The zero-order valence-corrected chi connectivity index (χ0v) is 20.3. The molecule has 0 N–H and O–H groups in total. The molecule has 1 aromatic heterocycles. The van der Waals surface area contributed by atoms with Crippen LogP contribution in [0, 0.1) is 6.92 Å². The average Bonchev–Trinajstić information content (AvgIpc) is 2.72. The molecule has 0 saturated heterocycles. The van der Waals surface area contributed by atoms with E-state index >= 15 is 0 Å². The fraction of sp³-hybridized carbons (Fsp3) is 0.821. The highest BCUT2D eigenvalue weighted by atomic mass is 15.0. The van der Waals surface area contributed by atoms with Gasteiger partial charge in [-0.15, -0.1) is 0 Å². The van der Waals surface area contributed by atoms with Crippen LogP contribution in [-0.4, -0.2) is 0 Å². The SMILES string of the molecule is CCCCCCCCCCCCCCCCCCCCC(C)[n+]1cccc(C)c1. The maximum atomic E-state index is 2.38. The molecular weight excluding hydrogens is 350 g/mol. The topological polar surface area (TPSA) is 3.88 Å². The Morgan fingerprint density at radius 1 is 0.655 bits per heavy atom. The quantitative estimate of drug-likeness (QED) is 0.151. The molecule has 1 heteroatoms. The summed E-state index contributed by atoms with van der Waals surface area (Å²) < 4.78 is 2.38. The minimum absolute atomic E-state index is 0.635. The van der Waals surface area contributed by atoms with Crippen LogP contribution in [0.4, 0.5) is 0 Å². The number of unbranched alkanes of at least 4 members (excludes halogenated alkanes) is 17. The summed E-state index contributed by atoms with van der Waals surface area (Å²) in [5.41, 5.74) is 1.36. The van der Waals surface area contributed by atoms with Crippen molar-refractivity contribution in [2.24, 2.45) is 0 Å². The maximum absolute atomic E-state index is 2.38. The van der Waals surface area contributed by atoms with Crippen LogP contribution >= 0.6 is 0 Å². The average molecular weight is 403 g/mol. The lowest BCUT2D eigenvalue weighted by atomic mass is 10.0. The van der Waals surface area contributed by atoms with Gasteiger partial charge >= 0.3 is 0 Å². The molecule has 1 aromatic rings. The molecule has 1 unspecified atom stereocenters. The number of pyridine rings is 1. The van der Waals surface area contributed by atoms with E-state index in [-0.39, 0.29) is 0 Å². The van der Waals surface area contributed by atoms with Gasteiger partial charge in [0.2, 0.25) is 0 Å². The minimum atomic E-state index is 0.635. The number of aryl methyl sites for hydroxylation is 1. The number of hydrogen-bond acceptors (Lipinski definition) is 0. The highest BCUT2D eigenvalue weighted by Crippen LogP contribution is 2.15. The molecule has 0 spiro atoms. The van der Waals surface area contributed by atoms with Crippen LogP contribution in [0.1, 0.15) is 147 Å². The molecule has 0 radical (unpaired) electrons. The molecule has 0 aliphatic heterocycles. The third-order valence-corrected chi connectivity index (χ3v) is 6.45. The zero-order valence-electron chi connectivity index (χ0n) is 20.3. The Morgan fingerprint density at radius 3 is 1.48 bits per heavy atom. The molecule has 1 heterocycles. The Balaban J connectivity index is 1.77. The zero-order chi connectivity index (χ0) is 21.0. The summed E-state index contributed by atoms with van der Waals surface area (Å²) in [7, 11) is 0. The molecular formula is C28H52N+. The molecule has 1 nitrogen and oxygen atoms in total. The van der Waals surface area contributed by atoms with Crippen LogP contribution in [0.25, 0.3) is 0 Å². The molecule has 0 bridgehead atoms. The Morgan fingerprint density at radius 2 is 1.07 bits per heavy atom. The van der Waals surface area contributed by atoms with E-state index < -0.39 is 0 Å². The predicted molar refractivity (Wildman–Crippen MR) is 129 cm³/mol. The van der Waals surface area contributed by atoms with Crippen molar-refractivity contribution in [1.82, 2.24) is 0 Å². The summed E-state index contributed by atoms with van der Waals surface area (Å²) in [5.74, 6) is 0. The van der Waals surface area contributed by atoms with Crippen molar-refractivity contribution in [3.63, 3.8) is 0 Å². The lowest BCUT2D eigenvalue weighted by molar-refractivity contribution is -0.720. The third kappa shape index (κ3) is 15.6. The number of aromatic nitrogens is 1. The second-order valence-electron chi connectivity index (χ2n) is 9.48. The number of rotatable bonds is 20. The van der Waals surface area contributed by atoms with Gasteiger partial charge in [0.05, 0.1) is 0 Å². The molecule has 0 aromatic carbocycles. The van der Waals surface area contributed by atoms with Crippen molar-refractivity contribution >= 4 is 0 Å². The first-order valence-corrected chi connectivity index (χ1v) is 13.2. The van der Waals surface area contributed by atoms with Gasteiger partial charge < -0.3 is 0 Å². The minimum Gasteiger partial charge on any atom is -0.203 e. The monoisotopic (exact) mass is 402 g/mol. The fourth-order valence-corrected chi connectivity index (χ4v) is 4.38. The van der Waals surface area contributed by atoms with Gasteiger partial charge in [0.15, 0.2) is 18.4 Å². The first-order valence-electron chi connectivity index (χ1n) is 13.2. The van der Waals surface area contributed by atoms with Gasteiger partial charge in [0.1, 0.15) is 0 Å². The predicted octanol–water partition coefficient (Wildman–Crippen LogP) is 9.28. The van der Waals surface area contributed by atoms with Gasteiger partial charge in [-0.1, -0.05) is 116 Å². The van der Waals surface area contributed by atoms with Crippen LogP contribution in [-0.2, 0) is 0 Å². The Labute approximate surface area is 183 Å². The van der Waals surface area contributed by atoms with Crippen LogP contribution in [0.15, 0.2) is 24.5 Å². The van der Waals surface area contributed by atoms with E-state index in [0.29, 0.717) is 6.04 Å².